The Morgan fingerprint density at radius 1 is 1.56 bits per heavy atom. The van der Waals surface area contributed by atoms with Crippen molar-refractivity contribution in [1.82, 2.24) is 0 Å². The number of rotatable bonds is 4. The third-order valence-electron chi connectivity index (χ3n) is 2.11. The first-order chi connectivity index (χ1) is 7.50. The summed E-state index contributed by atoms with van der Waals surface area (Å²) in [6, 6.07) is 5.63. The van der Waals surface area contributed by atoms with E-state index >= 15 is 0 Å². The first-order valence-electron chi connectivity index (χ1n) is 4.79. The number of aryl methyl sites for hydroxylation is 1. The summed E-state index contributed by atoms with van der Waals surface area (Å²) in [6.07, 6.45) is 1.54. The summed E-state index contributed by atoms with van der Waals surface area (Å²) in [7, 11) is 0. The van der Waals surface area contributed by atoms with Gasteiger partial charge < -0.3 is 9.84 Å². The number of aliphatic carboxylic acids is 1. The van der Waals surface area contributed by atoms with E-state index in [-0.39, 0.29) is 12.2 Å². The Kier molecular flexibility index (Phi) is 4.55. The molecule has 0 radical (unpaired) electrons. The van der Waals surface area contributed by atoms with Crippen LogP contribution >= 0.6 is 15.9 Å². The monoisotopic (exact) mass is 284 g/mol. The largest absolute Gasteiger partial charge is 0.490 e. The van der Waals surface area contributed by atoms with Crippen LogP contribution in [0.1, 0.15) is 12.5 Å². The van der Waals surface area contributed by atoms with Crippen LogP contribution in [0.4, 0.5) is 0 Å². The van der Waals surface area contributed by atoms with Crippen LogP contribution in [0, 0.1) is 6.92 Å². The fraction of sp³-hybridized carbons (Fsp3) is 0.250. The molecule has 0 amide bonds. The second kappa shape index (κ2) is 5.70. The molecule has 0 aliphatic carbocycles. The molecule has 86 valence electrons. The van der Waals surface area contributed by atoms with E-state index in [4.69, 9.17) is 9.84 Å². The van der Waals surface area contributed by atoms with Crippen LogP contribution in [0.5, 0.6) is 5.75 Å². The maximum atomic E-state index is 10.5. The van der Waals surface area contributed by atoms with E-state index in [1.165, 1.54) is 0 Å². The molecule has 3 nitrogen and oxygen atoms in total. The van der Waals surface area contributed by atoms with Gasteiger partial charge in [-0.3, -0.25) is 0 Å². The molecule has 0 unspecified atom stereocenters. The zero-order valence-corrected chi connectivity index (χ0v) is 10.7. The van der Waals surface area contributed by atoms with E-state index in [0.717, 1.165) is 15.8 Å². The number of halogens is 1. The van der Waals surface area contributed by atoms with Gasteiger partial charge in [-0.15, -0.1) is 0 Å². The highest BCUT2D eigenvalue weighted by Gasteiger charge is 2.00. The van der Waals surface area contributed by atoms with Crippen LogP contribution in [-0.2, 0) is 4.79 Å². The van der Waals surface area contributed by atoms with Crippen molar-refractivity contribution in [2.24, 2.45) is 0 Å². The minimum Gasteiger partial charge on any atom is -0.490 e. The Morgan fingerprint density at radius 3 is 2.81 bits per heavy atom. The first-order valence-corrected chi connectivity index (χ1v) is 5.59. The summed E-state index contributed by atoms with van der Waals surface area (Å²) in [5.74, 6) is -0.189. The van der Waals surface area contributed by atoms with Crippen molar-refractivity contribution in [3.63, 3.8) is 0 Å². The van der Waals surface area contributed by atoms with Crippen molar-refractivity contribution in [3.05, 3.63) is 39.9 Å². The minimum atomic E-state index is -0.921. The topological polar surface area (TPSA) is 46.5 Å². The van der Waals surface area contributed by atoms with Crippen molar-refractivity contribution >= 4 is 21.9 Å². The molecule has 1 aromatic rings. The summed E-state index contributed by atoms with van der Waals surface area (Å²) in [6.45, 7) is 3.77. The van der Waals surface area contributed by atoms with Gasteiger partial charge in [0.1, 0.15) is 12.4 Å². The van der Waals surface area contributed by atoms with Gasteiger partial charge in [-0.05, 0) is 43.7 Å². The summed E-state index contributed by atoms with van der Waals surface area (Å²) in [5, 5.41) is 8.63. The Hall–Kier alpha value is -1.29. The first kappa shape index (κ1) is 12.8. The molecule has 1 rings (SSSR count). The highest BCUT2D eigenvalue weighted by molar-refractivity contribution is 9.10. The Balaban J connectivity index is 2.59. The van der Waals surface area contributed by atoms with Crippen LogP contribution in [0.3, 0.4) is 0 Å². The number of benzene rings is 1. The molecule has 0 saturated heterocycles. The molecule has 0 spiro atoms. The van der Waals surface area contributed by atoms with Crippen LogP contribution in [0.25, 0.3) is 0 Å². The van der Waals surface area contributed by atoms with Gasteiger partial charge in [0.2, 0.25) is 0 Å². The Morgan fingerprint density at radius 2 is 2.25 bits per heavy atom. The molecule has 4 heteroatoms. The normalized spacial score (nSPS) is 11.3. The highest BCUT2D eigenvalue weighted by atomic mass is 79.9. The second-order valence-corrected chi connectivity index (χ2v) is 4.27. The van der Waals surface area contributed by atoms with Gasteiger partial charge in [0, 0.05) is 10.0 Å². The quantitative estimate of drug-likeness (QED) is 0.864. The van der Waals surface area contributed by atoms with Gasteiger partial charge in [0.05, 0.1) is 0 Å². The average molecular weight is 285 g/mol. The molecule has 0 saturated carbocycles. The van der Waals surface area contributed by atoms with Gasteiger partial charge in [-0.25, -0.2) is 4.79 Å². The predicted octanol–water partition coefficient (Wildman–Crippen LogP) is 3.17. The van der Waals surface area contributed by atoms with Gasteiger partial charge in [0.15, 0.2) is 0 Å². The third-order valence-corrected chi connectivity index (χ3v) is 3.00. The molecule has 0 aliphatic rings. The average Bonchev–Trinajstić information content (AvgIpc) is 2.23. The maximum Gasteiger partial charge on any atom is 0.331 e. The minimum absolute atomic E-state index is 0.263. The lowest BCUT2D eigenvalue weighted by molar-refractivity contribution is -0.132. The summed E-state index contributed by atoms with van der Waals surface area (Å²) in [5.41, 5.74) is 1.37. The molecule has 1 aromatic carbocycles. The lowest BCUT2D eigenvalue weighted by Crippen LogP contribution is -2.00. The molecule has 0 aromatic heterocycles. The lowest BCUT2D eigenvalue weighted by atomic mass is 10.2. The zero-order valence-electron chi connectivity index (χ0n) is 9.16. The van der Waals surface area contributed by atoms with Gasteiger partial charge >= 0.3 is 5.97 Å². The smallest absolute Gasteiger partial charge is 0.331 e. The van der Waals surface area contributed by atoms with E-state index in [0.29, 0.717) is 0 Å². The fourth-order valence-corrected chi connectivity index (χ4v) is 1.30. The number of hydrogen-bond acceptors (Lipinski definition) is 2. The van der Waals surface area contributed by atoms with E-state index in [1.807, 2.05) is 25.1 Å². The van der Waals surface area contributed by atoms with Crippen LogP contribution in [0.15, 0.2) is 34.3 Å². The van der Waals surface area contributed by atoms with E-state index < -0.39 is 5.97 Å². The molecular weight excluding hydrogens is 272 g/mol. The highest BCUT2D eigenvalue weighted by Crippen LogP contribution is 2.21. The molecule has 0 heterocycles. The van der Waals surface area contributed by atoms with Gasteiger partial charge in [0.25, 0.3) is 0 Å². The number of carboxylic acid groups (broad SMARTS) is 1. The molecule has 0 bridgehead atoms. The van der Waals surface area contributed by atoms with Crippen LogP contribution in [0.2, 0.25) is 0 Å². The van der Waals surface area contributed by atoms with Gasteiger partial charge in [-0.1, -0.05) is 15.9 Å². The predicted molar refractivity (Wildman–Crippen MR) is 65.8 cm³/mol. The van der Waals surface area contributed by atoms with Gasteiger partial charge in [-0.2, -0.15) is 0 Å². The number of carbonyl (C=O) groups is 1. The molecule has 0 atom stereocenters. The second-order valence-electron chi connectivity index (χ2n) is 3.41. The van der Waals surface area contributed by atoms with Crippen LogP contribution < -0.4 is 4.74 Å². The fourth-order valence-electron chi connectivity index (χ4n) is 1.06. The van der Waals surface area contributed by atoms with E-state index in [1.54, 1.807) is 13.0 Å². The maximum absolute atomic E-state index is 10.5. The lowest BCUT2D eigenvalue weighted by Gasteiger charge is -2.05. The number of carboxylic acids is 1. The standard InChI is InChI=1S/C12H13BrO3/c1-8(12(14)15)5-6-16-10-3-4-11(13)9(2)7-10/h3-5,7H,6H2,1-2H3,(H,14,15)/b8-5-. The molecular formula is C12H13BrO3. The third kappa shape index (κ3) is 3.70. The van der Waals surface area contributed by atoms with Crippen molar-refractivity contribution in [2.75, 3.05) is 6.61 Å². The molecule has 1 N–H and O–H groups in total. The Labute approximate surface area is 103 Å². The van der Waals surface area contributed by atoms with Crippen molar-refractivity contribution in [2.45, 2.75) is 13.8 Å². The molecule has 0 aliphatic heterocycles. The van der Waals surface area contributed by atoms with Crippen molar-refractivity contribution in [3.8, 4) is 5.75 Å². The van der Waals surface area contributed by atoms with Crippen LogP contribution in [-0.4, -0.2) is 17.7 Å². The molecule has 0 fully saturated rings. The summed E-state index contributed by atoms with van der Waals surface area (Å²) >= 11 is 3.39. The van der Waals surface area contributed by atoms with Crippen molar-refractivity contribution < 1.29 is 14.6 Å². The van der Waals surface area contributed by atoms with E-state index in [9.17, 15) is 4.79 Å². The summed E-state index contributed by atoms with van der Waals surface area (Å²) < 4.78 is 6.43. The number of hydrogen-bond donors (Lipinski definition) is 1. The molecule has 16 heavy (non-hydrogen) atoms. The SMILES string of the molecule is C/C(=C/COc1ccc(Br)c(C)c1)C(=O)O. The summed E-state index contributed by atoms with van der Waals surface area (Å²) in [4.78, 5) is 10.5. The van der Waals surface area contributed by atoms with E-state index in [2.05, 4.69) is 15.9 Å². The number of ether oxygens (including phenoxy) is 1. The van der Waals surface area contributed by atoms with Crippen molar-refractivity contribution in [1.29, 1.82) is 0 Å². The zero-order chi connectivity index (χ0) is 12.1. The Bertz CT molecular complexity index is 424.